The molecule has 0 saturated carbocycles. The lowest BCUT2D eigenvalue weighted by molar-refractivity contribution is 0.0994. The fourth-order valence-electron chi connectivity index (χ4n) is 3.07. The molecule has 1 atom stereocenters. The third-order valence-corrected chi connectivity index (χ3v) is 4.73. The Bertz CT molecular complexity index is 835. The molecule has 0 amide bonds. The maximum atomic E-state index is 12.0. The van der Waals surface area contributed by atoms with Crippen molar-refractivity contribution in [3.05, 3.63) is 59.7 Å². The van der Waals surface area contributed by atoms with E-state index in [1.54, 1.807) is 0 Å². The number of benzene rings is 3. The van der Waals surface area contributed by atoms with Crippen molar-refractivity contribution in [2.75, 3.05) is 0 Å². The number of halogens is 1. The predicted octanol–water partition coefficient (Wildman–Crippen LogP) is 5.02. The highest BCUT2D eigenvalue weighted by Crippen LogP contribution is 2.43. The van der Waals surface area contributed by atoms with Crippen LogP contribution >= 0.6 is 15.9 Å². The summed E-state index contributed by atoms with van der Waals surface area (Å²) in [6.45, 7) is 0. The number of carbonyl (C=O) groups is 1. The molecule has 1 aliphatic carbocycles. The maximum absolute atomic E-state index is 12.0. The van der Waals surface area contributed by atoms with Crippen LogP contribution in [0, 0.1) is 0 Å². The van der Waals surface area contributed by atoms with Crippen molar-refractivity contribution in [1.29, 1.82) is 0 Å². The number of alkyl halides is 1. The molecule has 0 fully saturated rings. The molecule has 3 aromatic carbocycles. The van der Waals surface area contributed by atoms with E-state index in [2.05, 4.69) is 58.4 Å². The Kier molecular flexibility index (Phi) is 2.30. The number of hydrogen-bond donors (Lipinski definition) is 0. The summed E-state index contributed by atoms with van der Waals surface area (Å²) in [5.41, 5.74) is 2.04. The minimum atomic E-state index is 0.153. The van der Waals surface area contributed by atoms with Gasteiger partial charge in [0.05, 0.1) is 0 Å². The van der Waals surface area contributed by atoms with Crippen molar-refractivity contribution in [3.8, 4) is 0 Å². The Morgan fingerprint density at radius 1 is 0.895 bits per heavy atom. The van der Waals surface area contributed by atoms with Crippen molar-refractivity contribution in [1.82, 2.24) is 0 Å². The largest absolute Gasteiger partial charge is 0.294 e. The summed E-state index contributed by atoms with van der Waals surface area (Å²) in [4.78, 5) is 12.1. The third kappa shape index (κ3) is 1.50. The highest BCUT2D eigenvalue weighted by Gasteiger charge is 2.29. The summed E-state index contributed by atoms with van der Waals surface area (Å²) in [6.07, 6.45) is 0.571. The predicted molar refractivity (Wildman–Crippen MR) is 82.1 cm³/mol. The van der Waals surface area contributed by atoms with Gasteiger partial charge in [0.2, 0.25) is 0 Å². The van der Waals surface area contributed by atoms with E-state index in [-0.39, 0.29) is 10.6 Å². The third-order valence-electron chi connectivity index (χ3n) is 3.95. The van der Waals surface area contributed by atoms with Crippen LogP contribution in [0.15, 0.2) is 48.5 Å². The van der Waals surface area contributed by atoms with Gasteiger partial charge in [-0.1, -0.05) is 64.5 Å². The quantitative estimate of drug-likeness (QED) is 0.421. The lowest BCUT2D eigenvalue weighted by atomic mass is 9.96. The zero-order valence-electron chi connectivity index (χ0n) is 10.2. The second-order valence-electron chi connectivity index (χ2n) is 5.00. The lowest BCUT2D eigenvalue weighted by Gasteiger charge is -2.10. The molecule has 0 spiro atoms. The molecule has 0 bridgehead atoms. The fraction of sp³-hybridized carbons (Fsp3) is 0.118. The van der Waals surface area contributed by atoms with E-state index >= 15 is 0 Å². The van der Waals surface area contributed by atoms with Gasteiger partial charge in [-0.3, -0.25) is 4.79 Å². The van der Waals surface area contributed by atoms with E-state index in [0.717, 1.165) is 11.1 Å². The van der Waals surface area contributed by atoms with Gasteiger partial charge in [0.15, 0.2) is 5.78 Å². The summed E-state index contributed by atoms with van der Waals surface area (Å²) >= 11 is 3.64. The van der Waals surface area contributed by atoms with Crippen LogP contribution in [0.4, 0.5) is 0 Å². The van der Waals surface area contributed by atoms with E-state index in [1.165, 1.54) is 21.5 Å². The summed E-state index contributed by atoms with van der Waals surface area (Å²) in [6, 6.07) is 16.7. The zero-order valence-corrected chi connectivity index (χ0v) is 11.8. The van der Waals surface area contributed by atoms with Crippen molar-refractivity contribution < 1.29 is 4.79 Å². The first kappa shape index (κ1) is 11.2. The van der Waals surface area contributed by atoms with Crippen molar-refractivity contribution in [2.24, 2.45) is 0 Å². The number of hydrogen-bond acceptors (Lipinski definition) is 1. The standard InChI is InChI=1S/C17H11BrO/c18-15-9-16(19)14-8-7-12-11-4-2-1-3-10(11)5-6-13(12)17(14)15/h1-8,15H,9H2. The first-order chi connectivity index (χ1) is 9.25. The summed E-state index contributed by atoms with van der Waals surface area (Å²) in [5, 5.41) is 4.92. The van der Waals surface area contributed by atoms with Gasteiger partial charge >= 0.3 is 0 Å². The van der Waals surface area contributed by atoms with E-state index in [1.807, 2.05) is 6.07 Å². The Labute approximate surface area is 119 Å². The molecule has 3 aromatic rings. The Balaban J connectivity index is 2.20. The number of fused-ring (bicyclic) bond motifs is 5. The van der Waals surface area contributed by atoms with Crippen LogP contribution in [-0.4, -0.2) is 5.78 Å². The number of Topliss-reactive ketones (excluding diaryl/α,β-unsaturated/α-hetero) is 1. The molecule has 92 valence electrons. The van der Waals surface area contributed by atoms with Crippen LogP contribution in [0.5, 0.6) is 0 Å². The Hall–Kier alpha value is -1.67. The van der Waals surface area contributed by atoms with Crippen LogP contribution in [-0.2, 0) is 0 Å². The van der Waals surface area contributed by atoms with Crippen molar-refractivity contribution in [2.45, 2.75) is 11.2 Å². The number of rotatable bonds is 0. The average molecular weight is 311 g/mol. The normalized spacial score (nSPS) is 18.2. The summed E-state index contributed by atoms with van der Waals surface area (Å²) in [7, 11) is 0. The van der Waals surface area contributed by atoms with Gasteiger partial charge in [0, 0.05) is 16.8 Å². The van der Waals surface area contributed by atoms with Gasteiger partial charge in [0.1, 0.15) is 0 Å². The van der Waals surface area contributed by atoms with E-state index in [9.17, 15) is 4.79 Å². The fourth-order valence-corrected chi connectivity index (χ4v) is 3.85. The van der Waals surface area contributed by atoms with E-state index in [0.29, 0.717) is 6.42 Å². The second kappa shape index (κ2) is 3.91. The highest BCUT2D eigenvalue weighted by atomic mass is 79.9. The topological polar surface area (TPSA) is 17.1 Å². The smallest absolute Gasteiger partial charge is 0.164 e. The van der Waals surface area contributed by atoms with Gasteiger partial charge in [0.25, 0.3) is 0 Å². The minimum absolute atomic E-state index is 0.153. The molecular formula is C17H11BrO. The van der Waals surface area contributed by atoms with Crippen molar-refractivity contribution >= 4 is 43.3 Å². The van der Waals surface area contributed by atoms with Gasteiger partial charge in [-0.15, -0.1) is 0 Å². The molecule has 0 heterocycles. The average Bonchev–Trinajstić information content (AvgIpc) is 2.74. The summed E-state index contributed by atoms with van der Waals surface area (Å²) < 4.78 is 0. The Morgan fingerprint density at radius 2 is 1.68 bits per heavy atom. The molecule has 0 aliphatic heterocycles. The van der Waals surface area contributed by atoms with Gasteiger partial charge < -0.3 is 0 Å². The molecule has 0 N–H and O–H groups in total. The van der Waals surface area contributed by atoms with Crippen molar-refractivity contribution in [3.63, 3.8) is 0 Å². The van der Waals surface area contributed by atoms with Crippen LogP contribution in [0.2, 0.25) is 0 Å². The molecular weight excluding hydrogens is 300 g/mol. The number of ketones is 1. The zero-order chi connectivity index (χ0) is 13.0. The molecule has 1 aliphatic rings. The van der Waals surface area contributed by atoms with Gasteiger partial charge in [-0.25, -0.2) is 0 Å². The summed E-state index contributed by atoms with van der Waals surface area (Å²) in [5.74, 6) is 0.243. The molecule has 19 heavy (non-hydrogen) atoms. The molecule has 0 aromatic heterocycles. The minimum Gasteiger partial charge on any atom is -0.294 e. The van der Waals surface area contributed by atoms with E-state index < -0.39 is 0 Å². The maximum Gasteiger partial charge on any atom is 0.164 e. The Morgan fingerprint density at radius 3 is 2.58 bits per heavy atom. The highest BCUT2D eigenvalue weighted by molar-refractivity contribution is 9.09. The van der Waals surface area contributed by atoms with Crippen LogP contribution in [0.25, 0.3) is 21.5 Å². The lowest BCUT2D eigenvalue weighted by Crippen LogP contribution is -1.91. The van der Waals surface area contributed by atoms with Crippen LogP contribution < -0.4 is 0 Å². The first-order valence-corrected chi connectivity index (χ1v) is 7.29. The second-order valence-corrected chi connectivity index (χ2v) is 6.11. The molecule has 0 saturated heterocycles. The van der Waals surface area contributed by atoms with Gasteiger partial charge in [-0.2, -0.15) is 0 Å². The monoisotopic (exact) mass is 310 g/mol. The molecule has 2 heteroatoms. The van der Waals surface area contributed by atoms with Crippen LogP contribution in [0.1, 0.15) is 27.2 Å². The first-order valence-electron chi connectivity index (χ1n) is 6.37. The molecule has 0 radical (unpaired) electrons. The van der Waals surface area contributed by atoms with E-state index in [4.69, 9.17) is 0 Å². The van der Waals surface area contributed by atoms with Gasteiger partial charge in [-0.05, 0) is 27.1 Å². The molecule has 1 unspecified atom stereocenters. The molecule has 4 rings (SSSR count). The molecule has 1 nitrogen and oxygen atoms in total. The number of carbonyl (C=O) groups excluding carboxylic acids is 1. The SMILES string of the molecule is O=C1CC(Br)c2c1ccc1c2ccc2ccccc21. The van der Waals surface area contributed by atoms with Crippen LogP contribution in [0.3, 0.4) is 0 Å².